The molecule has 0 atom stereocenters. The van der Waals surface area contributed by atoms with Gasteiger partial charge in [0, 0.05) is 12.7 Å². The summed E-state index contributed by atoms with van der Waals surface area (Å²) in [5.74, 6) is 0.472. The zero-order valence-corrected chi connectivity index (χ0v) is 9.77. The molecule has 0 bridgehead atoms. The molecule has 2 rings (SSSR count). The Bertz CT molecular complexity index is 497. The number of methoxy groups -OCH3 is 1. The predicted molar refractivity (Wildman–Crippen MR) is 60.5 cm³/mol. The highest BCUT2D eigenvalue weighted by Crippen LogP contribution is 2.32. The van der Waals surface area contributed by atoms with E-state index >= 15 is 0 Å². The summed E-state index contributed by atoms with van der Waals surface area (Å²) in [5, 5.41) is 4.48. The molecule has 2 aromatic rings. The van der Waals surface area contributed by atoms with Crippen molar-refractivity contribution in [2.75, 3.05) is 7.11 Å². The summed E-state index contributed by atoms with van der Waals surface area (Å²) >= 11 is 5.94. The van der Waals surface area contributed by atoms with Crippen LogP contribution in [-0.4, -0.2) is 26.9 Å². The van der Waals surface area contributed by atoms with Gasteiger partial charge in [-0.15, -0.1) is 0 Å². The van der Waals surface area contributed by atoms with Crippen LogP contribution in [0.4, 0.5) is 0 Å². The molecule has 84 valence electrons. The molecule has 0 saturated heterocycles. The van der Waals surface area contributed by atoms with Crippen molar-refractivity contribution < 1.29 is 4.74 Å². The maximum atomic E-state index is 5.94. The van der Waals surface area contributed by atoms with Crippen LogP contribution in [0.1, 0.15) is 6.92 Å². The van der Waals surface area contributed by atoms with Crippen molar-refractivity contribution in [2.24, 2.45) is 0 Å². The third-order valence-corrected chi connectivity index (χ3v) is 2.49. The fraction of sp³-hybridized carbons (Fsp3) is 0.300. The summed E-state index contributed by atoms with van der Waals surface area (Å²) in [6.45, 7) is 2.76. The highest BCUT2D eigenvalue weighted by Gasteiger charge is 2.15. The second kappa shape index (κ2) is 4.49. The highest BCUT2D eigenvalue weighted by atomic mass is 35.5. The summed E-state index contributed by atoms with van der Waals surface area (Å²) in [5.41, 5.74) is 1.52. The first-order valence-electron chi connectivity index (χ1n) is 4.84. The van der Waals surface area contributed by atoms with Crippen LogP contribution in [0.25, 0.3) is 11.4 Å². The Labute approximate surface area is 98.0 Å². The Morgan fingerprint density at radius 3 is 2.94 bits per heavy atom. The van der Waals surface area contributed by atoms with E-state index in [0.717, 1.165) is 12.2 Å². The Morgan fingerprint density at radius 2 is 2.25 bits per heavy atom. The first-order valence-corrected chi connectivity index (χ1v) is 5.22. The Morgan fingerprint density at radius 1 is 1.44 bits per heavy atom. The predicted octanol–water partition coefficient (Wildman–Crippen LogP) is 2.02. The van der Waals surface area contributed by atoms with Crippen LogP contribution in [0.3, 0.4) is 0 Å². The van der Waals surface area contributed by atoms with Crippen LogP contribution < -0.4 is 4.74 Å². The lowest BCUT2D eigenvalue weighted by Gasteiger charge is -2.09. The lowest BCUT2D eigenvalue weighted by Crippen LogP contribution is -2.02. The number of ether oxygens (including phenoxy) is 1. The van der Waals surface area contributed by atoms with Crippen LogP contribution in [0.2, 0.25) is 5.15 Å². The molecule has 5 nitrogen and oxygen atoms in total. The normalized spacial score (nSPS) is 10.4. The number of aromatic nitrogens is 4. The number of aryl methyl sites for hydroxylation is 1. The molecule has 0 saturated carbocycles. The van der Waals surface area contributed by atoms with Gasteiger partial charge in [-0.1, -0.05) is 11.6 Å². The summed E-state index contributed by atoms with van der Waals surface area (Å²) in [4.78, 5) is 8.06. The van der Waals surface area contributed by atoms with E-state index in [1.807, 2.05) is 17.7 Å². The Balaban J connectivity index is 2.60. The summed E-state index contributed by atoms with van der Waals surface area (Å²) in [6.07, 6.45) is 3.13. The van der Waals surface area contributed by atoms with Crippen molar-refractivity contribution in [1.82, 2.24) is 19.7 Å². The molecule has 16 heavy (non-hydrogen) atoms. The van der Waals surface area contributed by atoms with Crippen molar-refractivity contribution >= 4 is 11.6 Å². The average molecular weight is 239 g/mol. The number of hydrogen-bond acceptors (Lipinski definition) is 4. The van der Waals surface area contributed by atoms with Crippen LogP contribution in [-0.2, 0) is 6.54 Å². The molecule has 0 amide bonds. The summed E-state index contributed by atoms with van der Waals surface area (Å²) < 4.78 is 7.02. The van der Waals surface area contributed by atoms with Gasteiger partial charge < -0.3 is 4.74 Å². The fourth-order valence-electron chi connectivity index (χ4n) is 1.50. The molecule has 0 aliphatic rings. The minimum atomic E-state index is 0.302. The van der Waals surface area contributed by atoms with Gasteiger partial charge in [-0.25, -0.2) is 9.97 Å². The van der Waals surface area contributed by atoms with E-state index in [4.69, 9.17) is 16.3 Å². The van der Waals surface area contributed by atoms with E-state index in [-0.39, 0.29) is 0 Å². The molecule has 0 unspecified atom stereocenters. The fourth-order valence-corrected chi connectivity index (χ4v) is 1.71. The van der Waals surface area contributed by atoms with E-state index in [1.54, 1.807) is 13.3 Å². The summed E-state index contributed by atoms with van der Waals surface area (Å²) in [6, 6.07) is 1.87. The Kier molecular flexibility index (Phi) is 3.05. The van der Waals surface area contributed by atoms with E-state index in [9.17, 15) is 0 Å². The second-order valence-electron chi connectivity index (χ2n) is 3.08. The molecule has 0 aliphatic carbocycles. The molecule has 2 heterocycles. The maximum absolute atomic E-state index is 5.94. The summed E-state index contributed by atoms with van der Waals surface area (Å²) in [7, 11) is 1.54. The molecule has 0 N–H and O–H groups in total. The van der Waals surface area contributed by atoms with Crippen LogP contribution in [0, 0.1) is 0 Å². The van der Waals surface area contributed by atoms with Crippen molar-refractivity contribution in [1.29, 1.82) is 0 Å². The Hall–Kier alpha value is -1.62. The number of rotatable bonds is 3. The average Bonchev–Trinajstić information content (AvgIpc) is 2.76. The van der Waals surface area contributed by atoms with Crippen molar-refractivity contribution in [3.05, 3.63) is 23.7 Å². The van der Waals surface area contributed by atoms with Gasteiger partial charge in [0.05, 0.1) is 12.8 Å². The second-order valence-corrected chi connectivity index (χ2v) is 3.44. The van der Waals surface area contributed by atoms with Gasteiger partial charge in [0.1, 0.15) is 12.0 Å². The van der Waals surface area contributed by atoms with E-state index < -0.39 is 0 Å². The van der Waals surface area contributed by atoms with Crippen LogP contribution in [0.5, 0.6) is 5.75 Å². The van der Waals surface area contributed by atoms with Crippen LogP contribution >= 0.6 is 11.6 Å². The molecule has 0 fully saturated rings. The van der Waals surface area contributed by atoms with Gasteiger partial charge in [-0.05, 0) is 13.0 Å². The SMILES string of the molecule is CCn1nccc1-c1ncnc(Cl)c1OC. The molecule has 2 aromatic heterocycles. The van der Waals surface area contributed by atoms with E-state index in [2.05, 4.69) is 15.1 Å². The zero-order valence-electron chi connectivity index (χ0n) is 9.01. The standard InChI is InChI=1S/C10H11ClN4O/c1-3-15-7(4-5-14-15)8-9(16-2)10(11)13-6-12-8/h4-6H,3H2,1-2H3. The highest BCUT2D eigenvalue weighted by molar-refractivity contribution is 6.31. The van der Waals surface area contributed by atoms with Crippen LogP contribution in [0.15, 0.2) is 18.6 Å². The monoisotopic (exact) mass is 238 g/mol. The van der Waals surface area contributed by atoms with Gasteiger partial charge >= 0.3 is 0 Å². The van der Waals surface area contributed by atoms with Crippen molar-refractivity contribution in [2.45, 2.75) is 13.5 Å². The quantitative estimate of drug-likeness (QED) is 0.768. The molecule has 0 radical (unpaired) electrons. The molecule has 0 spiro atoms. The molecule has 6 heteroatoms. The largest absolute Gasteiger partial charge is 0.491 e. The molecule has 0 aliphatic heterocycles. The first-order chi connectivity index (χ1) is 7.77. The zero-order chi connectivity index (χ0) is 11.5. The molecular formula is C10H11ClN4O. The molecular weight excluding hydrogens is 228 g/mol. The third-order valence-electron chi connectivity index (χ3n) is 2.22. The van der Waals surface area contributed by atoms with Gasteiger partial charge in [0.2, 0.25) is 0 Å². The minimum absolute atomic E-state index is 0.302. The maximum Gasteiger partial charge on any atom is 0.184 e. The van der Waals surface area contributed by atoms with Gasteiger partial charge in [-0.2, -0.15) is 5.10 Å². The van der Waals surface area contributed by atoms with Gasteiger partial charge in [0.15, 0.2) is 10.9 Å². The van der Waals surface area contributed by atoms with Crippen molar-refractivity contribution in [3.8, 4) is 17.1 Å². The first kappa shape index (κ1) is 10.9. The lowest BCUT2D eigenvalue weighted by atomic mass is 10.3. The van der Waals surface area contributed by atoms with E-state index in [1.165, 1.54) is 6.33 Å². The smallest absolute Gasteiger partial charge is 0.184 e. The third kappa shape index (κ3) is 1.74. The number of halogens is 1. The van der Waals surface area contributed by atoms with Gasteiger partial charge in [0.25, 0.3) is 0 Å². The van der Waals surface area contributed by atoms with E-state index in [0.29, 0.717) is 16.6 Å². The number of nitrogens with zero attached hydrogens (tertiary/aromatic N) is 4. The number of hydrogen-bond donors (Lipinski definition) is 0. The lowest BCUT2D eigenvalue weighted by molar-refractivity contribution is 0.412. The minimum Gasteiger partial charge on any atom is -0.491 e. The topological polar surface area (TPSA) is 52.8 Å². The van der Waals surface area contributed by atoms with Gasteiger partial charge in [-0.3, -0.25) is 4.68 Å². The molecule has 0 aromatic carbocycles. The van der Waals surface area contributed by atoms with Crippen molar-refractivity contribution in [3.63, 3.8) is 0 Å².